The van der Waals surface area contributed by atoms with Gasteiger partial charge < -0.3 is 9.52 Å². The van der Waals surface area contributed by atoms with Crippen molar-refractivity contribution in [3.05, 3.63) is 68.9 Å². The van der Waals surface area contributed by atoms with Crippen LogP contribution in [0.25, 0.3) is 11.0 Å². The van der Waals surface area contributed by atoms with Crippen molar-refractivity contribution in [1.82, 2.24) is 0 Å². The molecular formula is C15H8ClNO5. The SMILES string of the molecule is O=C(c1ccc(Cl)cc1)c1oc2ccc([N+](=O)[O-])cc2c1O. The van der Waals surface area contributed by atoms with Gasteiger partial charge >= 0.3 is 0 Å². The van der Waals surface area contributed by atoms with Crippen molar-refractivity contribution in [2.45, 2.75) is 0 Å². The van der Waals surface area contributed by atoms with Crippen LogP contribution in [0.4, 0.5) is 5.69 Å². The lowest BCUT2D eigenvalue weighted by Crippen LogP contribution is -1.99. The Hall–Kier alpha value is -2.86. The second-order valence-corrected chi connectivity index (χ2v) is 4.99. The summed E-state index contributed by atoms with van der Waals surface area (Å²) in [6.45, 7) is 0. The first-order valence-electron chi connectivity index (χ1n) is 6.17. The number of fused-ring (bicyclic) bond motifs is 1. The van der Waals surface area contributed by atoms with Gasteiger partial charge in [0, 0.05) is 22.7 Å². The van der Waals surface area contributed by atoms with Gasteiger partial charge in [-0.1, -0.05) is 11.6 Å². The summed E-state index contributed by atoms with van der Waals surface area (Å²) in [7, 11) is 0. The van der Waals surface area contributed by atoms with Gasteiger partial charge in [-0.15, -0.1) is 0 Å². The third-order valence-electron chi connectivity index (χ3n) is 3.17. The molecule has 0 saturated heterocycles. The second kappa shape index (κ2) is 5.16. The number of furan rings is 1. The van der Waals surface area contributed by atoms with Gasteiger partial charge in [-0.3, -0.25) is 14.9 Å². The Morgan fingerprint density at radius 3 is 2.50 bits per heavy atom. The van der Waals surface area contributed by atoms with Crippen molar-refractivity contribution in [3.63, 3.8) is 0 Å². The standard InChI is InChI=1S/C15H8ClNO5/c16-9-3-1-8(2-4-9)13(18)15-14(19)11-7-10(17(20)21)5-6-12(11)22-15/h1-7,19H. The number of hydrogen-bond donors (Lipinski definition) is 1. The Morgan fingerprint density at radius 2 is 1.86 bits per heavy atom. The summed E-state index contributed by atoms with van der Waals surface area (Å²) >= 11 is 5.76. The number of carbonyl (C=O) groups is 1. The summed E-state index contributed by atoms with van der Waals surface area (Å²) < 4.78 is 5.32. The normalized spacial score (nSPS) is 10.8. The van der Waals surface area contributed by atoms with E-state index < -0.39 is 16.5 Å². The van der Waals surface area contributed by atoms with Gasteiger partial charge in [-0.2, -0.15) is 0 Å². The number of nitro groups is 1. The molecule has 110 valence electrons. The first kappa shape index (κ1) is 14.1. The lowest BCUT2D eigenvalue weighted by molar-refractivity contribution is -0.384. The van der Waals surface area contributed by atoms with Gasteiger partial charge in [0.15, 0.2) is 5.75 Å². The number of aromatic hydroxyl groups is 1. The molecular weight excluding hydrogens is 310 g/mol. The lowest BCUT2D eigenvalue weighted by Gasteiger charge is -1.98. The van der Waals surface area contributed by atoms with Gasteiger partial charge in [-0.05, 0) is 30.3 Å². The maximum absolute atomic E-state index is 12.3. The van der Waals surface area contributed by atoms with Crippen LogP contribution in [0.3, 0.4) is 0 Å². The molecule has 2 aromatic carbocycles. The number of benzene rings is 2. The van der Waals surface area contributed by atoms with Crippen LogP contribution in [0.2, 0.25) is 5.02 Å². The highest BCUT2D eigenvalue weighted by molar-refractivity contribution is 6.30. The zero-order valence-electron chi connectivity index (χ0n) is 10.9. The zero-order chi connectivity index (χ0) is 15.9. The van der Waals surface area contributed by atoms with Crippen molar-refractivity contribution < 1.29 is 19.2 Å². The predicted octanol–water partition coefficient (Wildman–Crippen LogP) is 3.93. The first-order valence-corrected chi connectivity index (χ1v) is 6.55. The van der Waals surface area contributed by atoms with E-state index >= 15 is 0 Å². The van der Waals surface area contributed by atoms with Gasteiger partial charge in [0.25, 0.3) is 5.69 Å². The Bertz CT molecular complexity index is 898. The maximum atomic E-state index is 12.3. The molecule has 0 aliphatic rings. The fourth-order valence-corrected chi connectivity index (χ4v) is 2.20. The van der Waals surface area contributed by atoms with Crippen molar-refractivity contribution in [1.29, 1.82) is 0 Å². The van der Waals surface area contributed by atoms with E-state index in [0.29, 0.717) is 5.02 Å². The fourth-order valence-electron chi connectivity index (χ4n) is 2.07. The highest BCUT2D eigenvalue weighted by Crippen LogP contribution is 2.35. The molecule has 6 nitrogen and oxygen atoms in total. The minimum atomic E-state index is -0.591. The zero-order valence-corrected chi connectivity index (χ0v) is 11.7. The van der Waals surface area contributed by atoms with E-state index in [4.69, 9.17) is 16.0 Å². The van der Waals surface area contributed by atoms with E-state index in [0.717, 1.165) is 6.07 Å². The van der Waals surface area contributed by atoms with E-state index in [2.05, 4.69) is 0 Å². The van der Waals surface area contributed by atoms with E-state index in [1.165, 1.54) is 24.3 Å². The van der Waals surface area contributed by atoms with Crippen LogP contribution in [-0.4, -0.2) is 15.8 Å². The van der Waals surface area contributed by atoms with Crippen LogP contribution >= 0.6 is 11.6 Å². The minimum Gasteiger partial charge on any atom is -0.504 e. The van der Waals surface area contributed by atoms with Gasteiger partial charge in [0.1, 0.15) is 5.58 Å². The van der Waals surface area contributed by atoms with E-state index in [1.807, 2.05) is 0 Å². The van der Waals surface area contributed by atoms with Crippen LogP contribution in [-0.2, 0) is 0 Å². The Kier molecular flexibility index (Phi) is 3.30. The molecule has 22 heavy (non-hydrogen) atoms. The molecule has 0 bridgehead atoms. The quantitative estimate of drug-likeness (QED) is 0.448. The van der Waals surface area contributed by atoms with E-state index in [9.17, 15) is 20.0 Å². The lowest BCUT2D eigenvalue weighted by atomic mass is 10.1. The number of halogens is 1. The van der Waals surface area contributed by atoms with Crippen LogP contribution in [0.15, 0.2) is 46.9 Å². The minimum absolute atomic E-state index is 0.117. The van der Waals surface area contributed by atoms with Gasteiger partial charge in [0.2, 0.25) is 11.5 Å². The van der Waals surface area contributed by atoms with Gasteiger partial charge in [0.05, 0.1) is 10.3 Å². The number of non-ortho nitro benzene ring substituents is 1. The number of nitro benzene ring substituents is 1. The Labute approximate surface area is 128 Å². The molecule has 0 aliphatic carbocycles. The monoisotopic (exact) mass is 317 g/mol. The molecule has 1 heterocycles. The molecule has 0 radical (unpaired) electrons. The molecule has 0 spiro atoms. The first-order chi connectivity index (χ1) is 10.5. The fraction of sp³-hybridized carbons (Fsp3) is 0. The highest BCUT2D eigenvalue weighted by atomic mass is 35.5. The maximum Gasteiger partial charge on any atom is 0.270 e. The summed E-state index contributed by atoms with van der Waals surface area (Å²) in [5.74, 6) is -1.22. The van der Waals surface area contributed by atoms with Crippen LogP contribution in [0.5, 0.6) is 5.75 Å². The van der Waals surface area contributed by atoms with Crippen molar-refractivity contribution in [2.24, 2.45) is 0 Å². The molecule has 1 aromatic heterocycles. The second-order valence-electron chi connectivity index (χ2n) is 4.55. The third-order valence-corrected chi connectivity index (χ3v) is 3.42. The average Bonchev–Trinajstić information content (AvgIpc) is 2.84. The van der Waals surface area contributed by atoms with Crippen LogP contribution in [0.1, 0.15) is 16.1 Å². The summed E-state index contributed by atoms with van der Waals surface area (Å²) in [6.07, 6.45) is 0. The van der Waals surface area contributed by atoms with E-state index in [-0.39, 0.29) is 28.0 Å². The molecule has 0 unspecified atom stereocenters. The van der Waals surface area contributed by atoms with Crippen molar-refractivity contribution in [3.8, 4) is 5.75 Å². The number of carbonyl (C=O) groups excluding carboxylic acids is 1. The Balaban J connectivity index is 2.11. The molecule has 1 N–H and O–H groups in total. The summed E-state index contributed by atoms with van der Waals surface area (Å²) in [6, 6.07) is 9.82. The molecule has 0 saturated carbocycles. The molecule has 0 fully saturated rings. The predicted molar refractivity (Wildman–Crippen MR) is 79.4 cm³/mol. The average molecular weight is 318 g/mol. The number of ketones is 1. The molecule has 0 amide bonds. The van der Waals surface area contributed by atoms with E-state index in [1.54, 1.807) is 12.1 Å². The van der Waals surface area contributed by atoms with Crippen molar-refractivity contribution in [2.75, 3.05) is 0 Å². The largest absolute Gasteiger partial charge is 0.504 e. The Morgan fingerprint density at radius 1 is 1.18 bits per heavy atom. The smallest absolute Gasteiger partial charge is 0.270 e. The molecule has 0 aliphatic heterocycles. The summed E-state index contributed by atoms with van der Waals surface area (Å²) in [4.78, 5) is 22.5. The molecule has 3 rings (SSSR count). The topological polar surface area (TPSA) is 93.6 Å². The molecule has 0 atom stereocenters. The number of hydrogen-bond acceptors (Lipinski definition) is 5. The third kappa shape index (κ3) is 2.29. The summed E-state index contributed by atoms with van der Waals surface area (Å²) in [5, 5.41) is 21.5. The van der Waals surface area contributed by atoms with Crippen molar-refractivity contribution >= 4 is 34.0 Å². The van der Waals surface area contributed by atoms with Crippen LogP contribution in [0, 0.1) is 10.1 Å². The number of rotatable bonds is 3. The number of nitrogens with zero attached hydrogens (tertiary/aromatic N) is 1. The molecule has 3 aromatic rings. The highest BCUT2D eigenvalue weighted by Gasteiger charge is 2.23. The molecule has 7 heteroatoms. The summed E-state index contributed by atoms with van der Waals surface area (Å²) in [5.41, 5.74) is 0.280. The van der Waals surface area contributed by atoms with Gasteiger partial charge in [-0.25, -0.2) is 0 Å². The van der Waals surface area contributed by atoms with Crippen LogP contribution < -0.4 is 0 Å².